The lowest BCUT2D eigenvalue weighted by molar-refractivity contribution is 0.290. The molecule has 1 rings (SSSR count). The van der Waals surface area contributed by atoms with E-state index in [-0.39, 0.29) is 0 Å². The van der Waals surface area contributed by atoms with Crippen molar-refractivity contribution in [2.24, 2.45) is 7.05 Å². The van der Waals surface area contributed by atoms with Crippen LogP contribution in [0, 0.1) is 0 Å². The second kappa shape index (κ2) is 4.69. The first kappa shape index (κ1) is 10.6. The lowest BCUT2D eigenvalue weighted by Gasteiger charge is -2.06. The molecule has 0 aromatic carbocycles. The third-order valence-electron chi connectivity index (χ3n) is 1.69. The maximum absolute atomic E-state index is 5.35. The molecule has 0 radical (unpaired) electrons. The molecule has 0 unspecified atom stereocenters. The Morgan fingerprint density at radius 3 is 2.79 bits per heavy atom. The van der Waals surface area contributed by atoms with Crippen LogP contribution in [-0.4, -0.2) is 23.0 Å². The molecule has 0 saturated carbocycles. The Morgan fingerprint density at radius 1 is 1.50 bits per heavy atom. The summed E-state index contributed by atoms with van der Waals surface area (Å²) >= 11 is 0. The summed E-state index contributed by atoms with van der Waals surface area (Å²) in [5.74, 6) is 1.18. The van der Waals surface area contributed by atoms with E-state index in [2.05, 4.69) is 11.7 Å². The van der Waals surface area contributed by atoms with E-state index >= 15 is 0 Å². The van der Waals surface area contributed by atoms with Gasteiger partial charge in [-0.1, -0.05) is 6.58 Å². The molecule has 14 heavy (non-hydrogen) atoms. The van der Waals surface area contributed by atoms with E-state index in [9.17, 15) is 0 Å². The number of aromatic nitrogens is 2. The topological polar surface area (TPSA) is 36.3 Å². The van der Waals surface area contributed by atoms with Crippen molar-refractivity contribution in [3.8, 4) is 5.88 Å². The lowest BCUT2D eigenvalue weighted by atomic mass is 10.3. The highest BCUT2D eigenvalue weighted by atomic mass is 16.5. The van der Waals surface area contributed by atoms with Crippen LogP contribution in [-0.2, 0) is 11.8 Å². The third kappa shape index (κ3) is 2.28. The summed E-state index contributed by atoms with van der Waals surface area (Å²) in [7, 11) is 1.84. The number of ether oxygens (including phenoxy) is 2. The molecular formula is C10H16N2O2. The van der Waals surface area contributed by atoms with Crippen molar-refractivity contribution in [2.45, 2.75) is 13.8 Å². The van der Waals surface area contributed by atoms with E-state index in [0.29, 0.717) is 24.9 Å². The zero-order valence-electron chi connectivity index (χ0n) is 8.91. The minimum atomic E-state index is 0.577. The van der Waals surface area contributed by atoms with Crippen LogP contribution in [0.25, 0.3) is 5.76 Å². The summed E-state index contributed by atoms with van der Waals surface area (Å²) in [6.07, 6.45) is 1.84. The fraction of sp³-hybridized carbons (Fsp3) is 0.500. The predicted molar refractivity (Wildman–Crippen MR) is 55.0 cm³/mol. The van der Waals surface area contributed by atoms with E-state index in [1.54, 1.807) is 4.68 Å². The molecule has 1 aromatic rings. The van der Waals surface area contributed by atoms with Crippen molar-refractivity contribution in [2.75, 3.05) is 13.2 Å². The van der Waals surface area contributed by atoms with Gasteiger partial charge < -0.3 is 9.47 Å². The SMILES string of the molecule is C=C(OCC)c1cn(C)nc1OCC. The van der Waals surface area contributed by atoms with Crippen molar-refractivity contribution < 1.29 is 9.47 Å². The first-order valence-corrected chi connectivity index (χ1v) is 4.67. The minimum Gasteiger partial charge on any atom is -0.494 e. The average molecular weight is 196 g/mol. The van der Waals surface area contributed by atoms with Crippen LogP contribution >= 0.6 is 0 Å². The molecule has 0 aliphatic rings. The average Bonchev–Trinajstić information content (AvgIpc) is 2.48. The number of hydrogen-bond acceptors (Lipinski definition) is 3. The van der Waals surface area contributed by atoms with E-state index in [1.165, 1.54) is 0 Å². The normalized spacial score (nSPS) is 9.93. The molecule has 1 heterocycles. The van der Waals surface area contributed by atoms with Gasteiger partial charge in [-0.3, -0.25) is 4.68 Å². The highest BCUT2D eigenvalue weighted by Gasteiger charge is 2.12. The summed E-state index contributed by atoms with van der Waals surface area (Å²) in [5.41, 5.74) is 0.816. The van der Waals surface area contributed by atoms with Gasteiger partial charge in [-0.2, -0.15) is 0 Å². The van der Waals surface area contributed by atoms with E-state index in [0.717, 1.165) is 5.56 Å². The second-order valence-electron chi connectivity index (χ2n) is 2.81. The third-order valence-corrected chi connectivity index (χ3v) is 1.69. The molecule has 0 N–H and O–H groups in total. The fourth-order valence-electron chi connectivity index (χ4n) is 1.15. The quantitative estimate of drug-likeness (QED) is 0.674. The van der Waals surface area contributed by atoms with Crippen LogP contribution < -0.4 is 4.74 Å². The van der Waals surface area contributed by atoms with Gasteiger partial charge >= 0.3 is 0 Å². The highest BCUT2D eigenvalue weighted by molar-refractivity contribution is 5.61. The van der Waals surface area contributed by atoms with Crippen molar-refractivity contribution in [1.29, 1.82) is 0 Å². The largest absolute Gasteiger partial charge is 0.494 e. The predicted octanol–water partition coefficient (Wildman–Crippen LogP) is 1.83. The second-order valence-corrected chi connectivity index (χ2v) is 2.81. The zero-order valence-corrected chi connectivity index (χ0v) is 8.91. The Balaban J connectivity index is 2.88. The molecule has 0 amide bonds. The maximum Gasteiger partial charge on any atom is 0.243 e. The van der Waals surface area contributed by atoms with Crippen LogP contribution in [0.1, 0.15) is 19.4 Å². The van der Waals surface area contributed by atoms with E-state index in [4.69, 9.17) is 9.47 Å². The first-order chi connectivity index (χ1) is 6.69. The number of hydrogen-bond donors (Lipinski definition) is 0. The van der Waals surface area contributed by atoms with Gasteiger partial charge in [-0.25, -0.2) is 0 Å². The van der Waals surface area contributed by atoms with E-state index < -0.39 is 0 Å². The Hall–Kier alpha value is -1.45. The Kier molecular flexibility index (Phi) is 3.56. The molecule has 0 atom stereocenters. The van der Waals surface area contributed by atoms with Crippen molar-refractivity contribution in [3.05, 3.63) is 18.3 Å². The lowest BCUT2D eigenvalue weighted by Crippen LogP contribution is -1.97. The smallest absolute Gasteiger partial charge is 0.243 e. The van der Waals surface area contributed by atoms with Gasteiger partial charge in [0.05, 0.1) is 18.8 Å². The standard InChI is InChI=1S/C10H16N2O2/c1-5-13-8(3)9-7-12(4)11-10(9)14-6-2/h7H,3,5-6H2,1-2,4H3. The molecule has 0 bridgehead atoms. The van der Waals surface area contributed by atoms with Crippen LogP contribution in [0.4, 0.5) is 0 Å². The molecule has 4 heteroatoms. The van der Waals surface area contributed by atoms with Gasteiger partial charge in [0.25, 0.3) is 0 Å². The molecule has 0 fully saturated rings. The Bertz CT molecular complexity index is 318. The molecule has 78 valence electrons. The van der Waals surface area contributed by atoms with Crippen molar-refractivity contribution in [1.82, 2.24) is 9.78 Å². The number of aryl methyl sites for hydroxylation is 1. The van der Waals surface area contributed by atoms with Gasteiger partial charge in [-0.15, -0.1) is 5.10 Å². The molecule has 0 aliphatic heterocycles. The van der Waals surface area contributed by atoms with Gasteiger partial charge in [0.1, 0.15) is 5.76 Å². The van der Waals surface area contributed by atoms with Crippen LogP contribution in [0.2, 0.25) is 0 Å². The van der Waals surface area contributed by atoms with Crippen LogP contribution in [0.3, 0.4) is 0 Å². The summed E-state index contributed by atoms with van der Waals surface area (Å²) in [4.78, 5) is 0. The molecular weight excluding hydrogens is 180 g/mol. The summed E-state index contributed by atoms with van der Waals surface area (Å²) < 4.78 is 12.3. The first-order valence-electron chi connectivity index (χ1n) is 4.67. The van der Waals surface area contributed by atoms with Crippen molar-refractivity contribution in [3.63, 3.8) is 0 Å². The zero-order chi connectivity index (χ0) is 10.6. The van der Waals surface area contributed by atoms with Gasteiger partial charge in [-0.05, 0) is 13.8 Å². The molecule has 0 saturated heterocycles. The Morgan fingerprint density at radius 2 is 2.21 bits per heavy atom. The molecule has 1 aromatic heterocycles. The van der Waals surface area contributed by atoms with Gasteiger partial charge in [0.2, 0.25) is 5.88 Å². The number of nitrogens with zero attached hydrogens (tertiary/aromatic N) is 2. The van der Waals surface area contributed by atoms with Gasteiger partial charge in [0, 0.05) is 13.2 Å². The molecule has 0 spiro atoms. The van der Waals surface area contributed by atoms with E-state index in [1.807, 2.05) is 27.1 Å². The summed E-state index contributed by atoms with van der Waals surface area (Å²) in [5, 5.41) is 4.16. The summed E-state index contributed by atoms with van der Waals surface area (Å²) in [6.45, 7) is 8.84. The molecule has 4 nitrogen and oxygen atoms in total. The maximum atomic E-state index is 5.35. The van der Waals surface area contributed by atoms with Crippen molar-refractivity contribution >= 4 is 5.76 Å². The monoisotopic (exact) mass is 196 g/mol. The van der Waals surface area contributed by atoms with Crippen LogP contribution in [0.15, 0.2) is 12.8 Å². The fourth-order valence-corrected chi connectivity index (χ4v) is 1.15. The van der Waals surface area contributed by atoms with Crippen LogP contribution in [0.5, 0.6) is 5.88 Å². The summed E-state index contributed by atoms with van der Waals surface area (Å²) in [6, 6.07) is 0. The Labute approximate surface area is 84.1 Å². The number of rotatable bonds is 5. The van der Waals surface area contributed by atoms with Gasteiger partial charge in [0.15, 0.2) is 0 Å². The minimum absolute atomic E-state index is 0.577. The highest BCUT2D eigenvalue weighted by Crippen LogP contribution is 2.23. The molecule has 0 aliphatic carbocycles.